The Hall–Kier alpha value is -3.25. The fourth-order valence-corrected chi connectivity index (χ4v) is 6.08. The van der Waals surface area contributed by atoms with Gasteiger partial charge in [0, 0.05) is 41.6 Å². The molecule has 0 spiro atoms. The molecule has 0 amide bonds. The number of H-pyrrole nitrogens is 1. The van der Waals surface area contributed by atoms with Gasteiger partial charge in [-0.1, -0.05) is 13.8 Å². The van der Waals surface area contributed by atoms with Gasteiger partial charge in [0.05, 0.1) is 17.2 Å². The van der Waals surface area contributed by atoms with Crippen molar-refractivity contribution in [3.05, 3.63) is 52.6 Å². The van der Waals surface area contributed by atoms with Crippen molar-refractivity contribution in [3.8, 4) is 0 Å². The van der Waals surface area contributed by atoms with Gasteiger partial charge in [-0.05, 0) is 38.3 Å². The van der Waals surface area contributed by atoms with Crippen LogP contribution < -0.4 is 10.0 Å². The standard InChI is InChI=1S/C24H28FN5O5S/c1-4-34-24(31)21-22(12(2)3)35-23(28-21)14-6-5-13(9-14)17-10-19(30-29-17)27-16-7-8-18-15(20(16)25)11-26-36(18,32)33/h7-8,10,12-14,26H,4-6,9,11H2,1-3H3,(H2,27,29,30). The van der Waals surface area contributed by atoms with Gasteiger partial charge in [-0.15, -0.1) is 0 Å². The minimum Gasteiger partial charge on any atom is -0.461 e. The molecule has 3 aromatic rings. The Morgan fingerprint density at radius 3 is 2.83 bits per heavy atom. The van der Waals surface area contributed by atoms with Gasteiger partial charge in [0.15, 0.2) is 23.2 Å². The fraction of sp³-hybridized carbons (Fsp3) is 0.458. The Morgan fingerprint density at radius 2 is 2.08 bits per heavy atom. The number of nitrogens with one attached hydrogen (secondary N) is 3. The van der Waals surface area contributed by atoms with Crippen LogP contribution in [0.25, 0.3) is 0 Å². The van der Waals surface area contributed by atoms with Crippen LogP contribution in [0.4, 0.5) is 15.9 Å². The highest BCUT2D eigenvalue weighted by molar-refractivity contribution is 7.89. The van der Waals surface area contributed by atoms with Crippen molar-refractivity contribution in [1.29, 1.82) is 0 Å². The number of halogens is 1. The number of ether oxygens (including phenoxy) is 1. The molecule has 1 aromatic carbocycles. The van der Waals surface area contributed by atoms with Crippen LogP contribution in [-0.2, 0) is 21.3 Å². The number of esters is 1. The van der Waals surface area contributed by atoms with Crippen molar-refractivity contribution >= 4 is 27.5 Å². The summed E-state index contributed by atoms with van der Waals surface area (Å²) in [5, 5.41) is 10.2. The molecule has 1 saturated carbocycles. The number of oxazole rings is 1. The van der Waals surface area contributed by atoms with E-state index in [0.717, 1.165) is 25.0 Å². The van der Waals surface area contributed by atoms with Crippen molar-refractivity contribution in [3.63, 3.8) is 0 Å². The average molecular weight is 518 g/mol. The molecule has 0 radical (unpaired) electrons. The number of hydrogen-bond donors (Lipinski definition) is 3. The summed E-state index contributed by atoms with van der Waals surface area (Å²) < 4.78 is 52.2. The molecule has 0 bridgehead atoms. The Labute approximate surface area is 208 Å². The third-order valence-electron chi connectivity index (χ3n) is 6.67. The van der Waals surface area contributed by atoms with Crippen molar-refractivity contribution in [2.24, 2.45) is 0 Å². The smallest absolute Gasteiger partial charge is 0.360 e. The molecule has 2 aromatic heterocycles. The molecule has 2 atom stereocenters. The molecule has 36 heavy (non-hydrogen) atoms. The summed E-state index contributed by atoms with van der Waals surface area (Å²) in [6, 6.07) is 4.61. The first-order valence-corrected chi connectivity index (χ1v) is 13.5. The second-order valence-corrected chi connectivity index (χ2v) is 11.1. The number of carbonyl (C=O) groups excluding carboxylic acids is 1. The van der Waals surface area contributed by atoms with Crippen molar-refractivity contribution in [2.45, 2.75) is 69.2 Å². The molecule has 1 aliphatic heterocycles. The summed E-state index contributed by atoms with van der Waals surface area (Å²) in [6.07, 6.45) is 2.48. The molecule has 3 heterocycles. The van der Waals surface area contributed by atoms with E-state index in [1.807, 2.05) is 19.9 Å². The summed E-state index contributed by atoms with van der Waals surface area (Å²) in [6.45, 7) is 5.84. The average Bonchev–Trinajstić information content (AvgIpc) is 3.61. The van der Waals surface area contributed by atoms with Crippen LogP contribution in [0.3, 0.4) is 0 Å². The Kier molecular flexibility index (Phi) is 6.33. The predicted octanol–water partition coefficient (Wildman–Crippen LogP) is 4.42. The number of aromatic amines is 1. The molecule has 3 N–H and O–H groups in total. The molecule has 0 saturated heterocycles. The molecule has 1 aliphatic carbocycles. The van der Waals surface area contributed by atoms with Gasteiger partial charge in [0.25, 0.3) is 0 Å². The number of anilines is 2. The maximum absolute atomic E-state index is 14.9. The fourth-order valence-electron chi connectivity index (χ4n) is 4.86. The van der Waals surface area contributed by atoms with Gasteiger partial charge in [-0.3, -0.25) is 5.10 Å². The number of hydrogen-bond acceptors (Lipinski definition) is 8. The SMILES string of the molecule is CCOC(=O)c1nc(C2CCC(c3cc(Nc4ccc5c(c4F)CNS5(=O)=O)n[nH]3)C2)oc1C(C)C. The molecular formula is C24H28FN5O5S. The molecular weight excluding hydrogens is 489 g/mol. The second kappa shape index (κ2) is 9.32. The van der Waals surface area contributed by atoms with Gasteiger partial charge < -0.3 is 14.5 Å². The largest absolute Gasteiger partial charge is 0.461 e. The van der Waals surface area contributed by atoms with Crippen LogP contribution in [0.2, 0.25) is 0 Å². The van der Waals surface area contributed by atoms with E-state index in [0.29, 0.717) is 17.5 Å². The lowest BCUT2D eigenvalue weighted by molar-refractivity contribution is 0.0517. The maximum Gasteiger partial charge on any atom is 0.360 e. The molecule has 1 fully saturated rings. The first kappa shape index (κ1) is 24.4. The van der Waals surface area contributed by atoms with Crippen LogP contribution in [0.15, 0.2) is 27.5 Å². The van der Waals surface area contributed by atoms with Gasteiger partial charge in [-0.25, -0.2) is 27.3 Å². The zero-order valence-corrected chi connectivity index (χ0v) is 21.0. The number of benzene rings is 1. The van der Waals surface area contributed by atoms with E-state index < -0.39 is 21.8 Å². The summed E-state index contributed by atoms with van der Waals surface area (Å²) in [5.74, 6) is 0.654. The molecule has 192 valence electrons. The van der Waals surface area contributed by atoms with Crippen LogP contribution in [0, 0.1) is 5.82 Å². The normalized spacial score (nSPS) is 20.6. The monoisotopic (exact) mass is 517 g/mol. The zero-order valence-electron chi connectivity index (χ0n) is 20.2. The summed E-state index contributed by atoms with van der Waals surface area (Å²) >= 11 is 0. The van der Waals surface area contributed by atoms with E-state index in [1.165, 1.54) is 12.1 Å². The molecule has 2 aliphatic rings. The van der Waals surface area contributed by atoms with E-state index in [-0.39, 0.29) is 52.7 Å². The lowest BCUT2D eigenvalue weighted by Crippen LogP contribution is -2.13. The number of rotatable bonds is 7. The van der Waals surface area contributed by atoms with Gasteiger partial charge in [-0.2, -0.15) is 5.10 Å². The van der Waals surface area contributed by atoms with Crippen molar-refractivity contribution in [1.82, 2.24) is 19.9 Å². The number of aromatic nitrogens is 3. The Morgan fingerprint density at radius 1 is 1.31 bits per heavy atom. The topological polar surface area (TPSA) is 139 Å². The lowest BCUT2D eigenvalue weighted by atomic mass is 10.0. The quantitative estimate of drug-likeness (QED) is 0.391. The summed E-state index contributed by atoms with van der Waals surface area (Å²) in [5.41, 5.74) is 1.41. The number of sulfonamides is 1. The lowest BCUT2D eigenvalue weighted by Gasteiger charge is -2.08. The highest BCUT2D eigenvalue weighted by Crippen LogP contribution is 2.44. The number of fused-ring (bicyclic) bond motifs is 1. The predicted molar refractivity (Wildman–Crippen MR) is 128 cm³/mol. The highest BCUT2D eigenvalue weighted by atomic mass is 32.2. The van der Waals surface area contributed by atoms with Crippen molar-refractivity contribution < 1.29 is 26.8 Å². The third kappa shape index (κ3) is 4.39. The van der Waals surface area contributed by atoms with E-state index in [1.54, 1.807) is 6.92 Å². The van der Waals surface area contributed by atoms with E-state index >= 15 is 0 Å². The van der Waals surface area contributed by atoms with E-state index in [2.05, 4.69) is 25.2 Å². The first-order valence-electron chi connectivity index (χ1n) is 12.0. The van der Waals surface area contributed by atoms with Crippen LogP contribution in [-0.4, -0.2) is 36.2 Å². The molecule has 5 rings (SSSR count). The summed E-state index contributed by atoms with van der Waals surface area (Å²) in [4.78, 5) is 16.8. The van der Waals surface area contributed by atoms with E-state index in [4.69, 9.17) is 9.15 Å². The van der Waals surface area contributed by atoms with Crippen LogP contribution in [0.5, 0.6) is 0 Å². The number of nitrogens with zero attached hydrogens (tertiary/aromatic N) is 2. The number of carbonyl (C=O) groups is 1. The minimum atomic E-state index is -3.64. The minimum absolute atomic E-state index is 0.000373. The van der Waals surface area contributed by atoms with Crippen LogP contribution in [0.1, 0.15) is 91.2 Å². The van der Waals surface area contributed by atoms with Gasteiger partial charge in [0.1, 0.15) is 5.76 Å². The second-order valence-electron chi connectivity index (χ2n) is 9.41. The van der Waals surface area contributed by atoms with E-state index in [9.17, 15) is 17.6 Å². The highest BCUT2D eigenvalue weighted by Gasteiger charge is 2.34. The first-order chi connectivity index (χ1) is 17.2. The summed E-state index contributed by atoms with van der Waals surface area (Å²) in [7, 11) is -3.64. The third-order valence-corrected chi connectivity index (χ3v) is 8.16. The molecule has 12 heteroatoms. The molecule has 2 unspecified atom stereocenters. The van der Waals surface area contributed by atoms with Crippen LogP contribution >= 0.6 is 0 Å². The Balaban J connectivity index is 1.29. The van der Waals surface area contributed by atoms with Gasteiger partial charge >= 0.3 is 5.97 Å². The molecule has 10 nitrogen and oxygen atoms in total. The van der Waals surface area contributed by atoms with Crippen molar-refractivity contribution in [2.75, 3.05) is 11.9 Å². The Bertz CT molecular complexity index is 1410. The zero-order chi connectivity index (χ0) is 25.6. The van der Waals surface area contributed by atoms with Gasteiger partial charge in [0.2, 0.25) is 10.0 Å². The maximum atomic E-state index is 14.9.